The number of aliphatic hydroxyl groups excluding tert-OH is 1. The number of likely N-dealkylation sites (N-methyl/N-ethyl adjacent to an activating group) is 1. The van der Waals surface area contributed by atoms with Gasteiger partial charge in [0.25, 0.3) is 0 Å². The van der Waals surface area contributed by atoms with Crippen molar-refractivity contribution in [3.05, 3.63) is 0 Å². The van der Waals surface area contributed by atoms with Gasteiger partial charge in [0.15, 0.2) is 0 Å². The van der Waals surface area contributed by atoms with Gasteiger partial charge in [0.2, 0.25) is 0 Å². The molecule has 0 heterocycles. The molecule has 0 saturated heterocycles. The Bertz CT molecular complexity index is 363. The average Bonchev–Trinajstić information content (AvgIpc) is 2.20. The molecule has 4 bridgehead atoms. The van der Waals surface area contributed by atoms with Crippen LogP contribution in [0.1, 0.15) is 52.4 Å². The number of nitrogens with zero attached hydrogens (tertiary/aromatic N) is 1. The van der Waals surface area contributed by atoms with Crippen LogP contribution in [0.4, 0.5) is 0 Å². The lowest BCUT2D eigenvalue weighted by Crippen LogP contribution is -2.65. The Kier molecular flexibility index (Phi) is 3.47. The van der Waals surface area contributed by atoms with Crippen molar-refractivity contribution in [1.82, 2.24) is 10.2 Å². The van der Waals surface area contributed by atoms with Gasteiger partial charge in [-0.2, -0.15) is 0 Å². The predicted octanol–water partition coefficient (Wildman–Crippen LogP) is 2.25. The van der Waals surface area contributed by atoms with Crippen LogP contribution in [0.3, 0.4) is 0 Å². The van der Waals surface area contributed by atoms with E-state index in [2.05, 4.69) is 24.1 Å². The third kappa shape index (κ3) is 2.77. The zero-order valence-corrected chi connectivity index (χ0v) is 13.7. The lowest BCUT2D eigenvalue weighted by atomic mass is 9.43. The standard InChI is InChI=1S/C17H32N2O/c1-15-5-13-6-16(2,10-15)12-17(7-13,11-15)18-8-14(20)9-19(3)4/h13-14,18,20H,5-12H2,1-4H3. The molecule has 3 nitrogen and oxygen atoms in total. The van der Waals surface area contributed by atoms with E-state index in [1.165, 1.54) is 38.5 Å². The van der Waals surface area contributed by atoms with Gasteiger partial charge in [0.1, 0.15) is 0 Å². The second-order valence-electron chi connectivity index (χ2n) is 9.21. The molecule has 0 aliphatic heterocycles. The van der Waals surface area contributed by atoms with Crippen LogP contribution < -0.4 is 5.32 Å². The SMILES string of the molecule is CN(C)CC(O)CNC12CC3CC(C)(CC(C)(C3)C1)C2. The second-order valence-corrected chi connectivity index (χ2v) is 9.21. The van der Waals surface area contributed by atoms with Crippen molar-refractivity contribution in [2.45, 2.75) is 64.0 Å². The van der Waals surface area contributed by atoms with Crippen LogP contribution in [0, 0.1) is 16.7 Å². The maximum atomic E-state index is 10.1. The van der Waals surface area contributed by atoms with Crippen LogP contribution >= 0.6 is 0 Å². The minimum Gasteiger partial charge on any atom is -0.390 e. The number of nitrogens with one attached hydrogen (secondary N) is 1. The molecule has 4 aliphatic carbocycles. The minimum atomic E-state index is -0.251. The summed E-state index contributed by atoms with van der Waals surface area (Å²) in [5, 5.41) is 14.0. The van der Waals surface area contributed by atoms with Gasteiger partial charge in [0, 0.05) is 18.6 Å². The van der Waals surface area contributed by atoms with Crippen molar-refractivity contribution in [3.63, 3.8) is 0 Å². The molecular formula is C17H32N2O. The number of aliphatic hydroxyl groups is 1. The summed E-state index contributed by atoms with van der Waals surface area (Å²) in [6.07, 6.45) is 8.02. The van der Waals surface area contributed by atoms with Crippen molar-refractivity contribution >= 4 is 0 Å². The van der Waals surface area contributed by atoms with Crippen molar-refractivity contribution in [3.8, 4) is 0 Å². The topological polar surface area (TPSA) is 35.5 Å². The average molecular weight is 280 g/mol. The molecule has 3 heteroatoms. The van der Waals surface area contributed by atoms with Gasteiger partial charge in [-0.3, -0.25) is 0 Å². The first-order valence-corrected chi connectivity index (χ1v) is 8.30. The summed E-state index contributed by atoms with van der Waals surface area (Å²) in [6, 6.07) is 0. The smallest absolute Gasteiger partial charge is 0.0791 e. The first-order chi connectivity index (χ1) is 9.22. The van der Waals surface area contributed by atoms with Crippen molar-refractivity contribution in [1.29, 1.82) is 0 Å². The molecule has 4 fully saturated rings. The molecule has 0 spiro atoms. The minimum absolute atomic E-state index is 0.251. The Morgan fingerprint density at radius 3 is 2.20 bits per heavy atom. The molecule has 20 heavy (non-hydrogen) atoms. The van der Waals surface area contributed by atoms with Crippen LogP contribution in [-0.4, -0.2) is 48.8 Å². The number of hydrogen-bond acceptors (Lipinski definition) is 3. The van der Waals surface area contributed by atoms with E-state index in [4.69, 9.17) is 0 Å². The molecule has 3 atom stereocenters. The molecule has 0 radical (unpaired) electrons. The number of β-amino-alcohol motifs (C(OH)–C–C–N with tert-alkyl or cyclic N) is 1. The quantitative estimate of drug-likeness (QED) is 0.811. The molecule has 4 rings (SSSR count). The highest BCUT2D eigenvalue weighted by molar-refractivity contribution is 5.14. The van der Waals surface area contributed by atoms with E-state index in [1.807, 2.05) is 14.1 Å². The third-order valence-electron chi connectivity index (χ3n) is 5.91. The molecule has 0 aromatic carbocycles. The Morgan fingerprint density at radius 2 is 1.70 bits per heavy atom. The molecule has 0 amide bonds. The van der Waals surface area contributed by atoms with E-state index in [0.717, 1.165) is 19.0 Å². The van der Waals surface area contributed by atoms with Crippen LogP contribution in [0.15, 0.2) is 0 Å². The molecule has 116 valence electrons. The van der Waals surface area contributed by atoms with Gasteiger partial charge in [-0.15, -0.1) is 0 Å². The molecular weight excluding hydrogens is 248 g/mol. The van der Waals surface area contributed by atoms with Crippen LogP contribution in [0.25, 0.3) is 0 Å². The lowest BCUT2D eigenvalue weighted by Gasteiger charge is -2.65. The first-order valence-electron chi connectivity index (χ1n) is 8.30. The van der Waals surface area contributed by atoms with E-state index in [-0.39, 0.29) is 6.10 Å². The summed E-state index contributed by atoms with van der Waals surface area (Å²) in [4.78, 5) is 2.06. The van der Waals surface area contributed by atoms with E-state index in [1.54, 1.807) is 0 Å². The largest absolute Gasteiger partial charge is 0.390 e. The third-order valence-corrected chi connectivity index (χ3v) is 5.91. The summed E-state index contributed by atoms with van der Waals surface area (Å²) >= 11 is 0. The van der Waals surface area contributed by atoms with Crippen LogP contribution in [0.5, 0.6) is 0 Å². The van der Waals surface area contributed by atoms with Gasteiger partial charge in [-0.25, -0.2) is 0 Å². The molecule has 0 aromatic heterocycles. The Labute approximate surface area is 124 Å². The molecule has 4 aliphatic rings. The Hall–Kier alpha value is -0.120. The van der Waals surface area contributed by atoms with Crippen molar-refractivity contribution in [2.75, 3.05) is 27.2 Å². The highest BCUT2D eigenvalue weighted by Crippen LogP contribution is 2.66. The van der Waals surface area contributed by atoms with Crippen molar-refractivity contribution < 1.29 is 5.11 Å². The van der Waals surface area contributed by atoms with Gasteiger partial charge >= 0.3 is 0 Å². The van der Waals surface area contributed by atoms with Gasteiger partial charge < -0.3 is 15.3 Å². The number of rotatable bonds is 5. The normalized spacial score (nSPS) is 48.0. The van der Waals surface area contributed by atoms with E-state index in [0.29, 0.717) is 16.4 Å². The van der Waals surface area contributed by atoms with Gasteiger partial charge in [-0.1, -0.05) is 13.8 Å². The van der Waals surface area contributed by atoms with E-state index in [9.17, 15) is 5.11 Å². The van der Waals surface area contributed by atoms with Gasteiger partial charge in [-0.05, 0) is 69.4 Å². The monoisotopic (exact) mass is 280 g/mol. The predicted molar refractivity (Wildman–Crippen MR) is 82.7 cm³/mol. The first kappa shape index (κ1) is 14.8. The lowest BCUT2D eigenvalue weighted by molar-refractivity contribution is -0.119. The van der Waals surface area contributed by atoms with Gasteiger partial charge in [0.05, 0.1) is 6.10 Å². The van der Waals surface area contributed by atoms with Crippen LogP contribution in [-0.2, 0) is 0 Å². The highest BCUT2D eigenvalue weighted by atomic mass is 16.3. The fraction of sp³-hybridized carbons (Fsp3) is 1.00. The summed E-state index contributed by atoms with van der Waals surface area (Å²) in [5.41, 5.74) is 1.41. The van der Waals surface area contributed by atoms with E-state index < -0.39 is 0 Å². The maximum absolute atomic E-state index is 10.1. The van der Waals surface area contributed by atoms with Crippen molar-refractivity contribution in [2.24, 2.45) is 16.7 Å². The summed E-state index contributed by atoms with van der Waals surface area (Å²) < 4.78 is 0. The molecule has 3 unspecified atom stereocenters. The van der Waals surface area contributed by atoms with E-state index >= 15 is 0 Å². The molecule has 4 saturated carbocycles. The Morgan fingerprint density at radius 1 is 1.10 bits per heavy atom. The fourth-order valence-corrected chi connectivity index (χ4v) is 6.47. The maximum Gasteiger partial charge on any atom is 0.0791 e. The number of hydrogen-bond donors (Lipinski definition) is 2. The summed E-state index contributed by atoms with van der Waals surface area (Å²) in [5.74, 6) is 0.916. The highest BCUT2D eigenvalue weighted by Gasteiger charge is 2.59. The summed E-state index contributed by atoms with van der Waals surface area (Å²) in [6.45, 7) is 6.50. The molecule has 0 aromatic rings. The molecule has 2 N–H and O–H groups in total. The second kappa shape index (κ2) is 4.69. The summed E-state index contributed by atoms with van der Waals surface area (Å²) in [7, 11) is 4.05. The Balaban J connectivity index is 1.67. The van der Waals surface area contributed by atoms with Crippen LogP contribution in [0.2, 0.25) is 0 Å². The fourth-order valence-electron chi connectivity index (χ4n) is 6.47. The zero-order chi connectivity index (χ0) is 14.6. The zero-order valence-electron chi connectivity index (χ0n) is 13.7.